The number of halogens is 1. The second-order valence-corrected chi connectivity index (χ2v) is 6.51. The molecule has 0 aliphatic carbocycles. The van der Waals surface area contributed by atoms with E-state index in [1.165, 1.54) is 6.07 Å². The largest absolute Gasteiger partial charge is 0.480 e. The van der Waals surface area contributed by atoms with E-state index in [1.54, 1.807) is 19.1 Å². The van der Waals surface area contributed by atoms with Crippen LogP contribution in [0.15, 0.2) is 18.2 Å². The lowest BCUT2D eigenvalue weighted by Crippen LogP contribution is -2.42. The van der Waals surface area contributed by atoms with E-state index in [1.807, 2.05) is 20.8 Å². The zero-order chi connectivity index (χ0) is 16.9. The Balaban J connectivity index is 2.72. The first-order chi connectivity index (χ1) is 10.1. The van der Waals surface area contributed by atoms with E-state index in [-0.39, 0.29) is 18.6 Å². The molecule has 1 atom stereocenters. The molecule has 1 aromatic carbocycles. The molecule has 0 aliphatic heterocycles. The monoisotopic (exact) mass is 327 g/mol. The number of hydrogen-bond acceptors (Lipinski definition) is 3. The van der Waals surface area contributed by atoms with Gasteiger partial charge in [0.15, 0.2) is 0 Å². The van der Waals surface area contributed by atoms with Crippen molar-refractivity contribution in [2.75, 3.05) is 6.61 Å². The molecule has 0 bridgehead atoms. The molecule has 0 saturated heterocycles. The Morgan fingerprint density at radius 1 is 1.36 bits per heavy atom. The number of carboxylic acid groups (broad SMARTS) is 1. The molecular weight excluding hydrogens is 306 g/mol. The second-order valence-electron chi connectivity index (χ2n) is 6.07. The SMILES string of the molecule is Cc1ccc(Cl)cc1C(=O)NC(CCOC(C)(C)C)C(=O)O. The van der Waals surface area contributed by atoms with E-state index < -0.39 is 17.9 Å². The highest BCUT2D eigenvalue weighted by atomic mass is 35.5. The van der Waals surface area contributed by atoms with Crippen molar-refractivity contribution in [3.63, 3.8) is 0 Å². The van der Waals surface area contributed by atoms with Gasteiger partial charge >= 0.3 is 5.97 Å². The highest BCUT2D eigenvalue weighted by Gasteiger charge is 2.22. The number of carbonyl (C=O) groups excluding carboxylic acids is 1. The summed E-state index contributed by atoms with van der Waals surface area (Å²) in [5.41, 5.74) is 0.754. The molecule has 0 saturated carbocycles. The molecule has 1 rings (SSSR count). The molecule has 0 fully saturated rings. The van der Waals surface area contributed by atoms with Crippen LogP contribution in [0, 0.1) is 6.92 Å². The third-order valence-corrected chi connectivity index (χ3v) is 3.22. The van der Waals surface area contributed by atoms with Gasteiger partial charge in [-0.25, -0.2) is 4.79 Å². The van der Waals surface area contributed by atoms with E-state index in [9.17, 15) is 14.7 Å². The van der Waals surface area contributed by atoms with Crippen LogP contribution in [-0.4, -0.2) is 35.2 Å². The Bertz CT molecular complexity index is 552. The summed E-state index contributed by atoms with van der Waals surface area (Å²) < 4.78 is 5.50. The maximum absolute atomic E-state index is 12.2. The summed E-state index contributed by atoms with van der Waals surface area (Å²) >= 11 is 5.88. The Morgan fingerprint density at radius 2 is 2.00 bits per heavy atom. The molecule has 2 N–H and O–H groups in total. The van der Waals surface area contributed by atoms with E-state index in [4.69, 9.17) is 16.3 Å². The van der Waals surface area contributed by atoms with Crippen molar-refractivity contribution in [2.45, 2.75) is 45.8 Å². The van der Waals surface area contributed by atoms with Gasteiger partial charge in [0.2, 0.25) is 0 Å². The number of amides is 1. The van der Waals surface area contributed by atoms with E-state index in [0.29, 0.717) is 10.6 Å². The van der Waals surface area contributed by atoms with E-state index in [0.717, 1.165) is 5.56 Å². The highest BCUT2D eigenvalue weighted by Crippen LogP contribution is 2.16. The van der Waals surface area contributed by atoms with Crippen LogP contribution in [0.2, 0.25) is 5.02 Å². The van der Waals surface area contributed by atoms with Crippen molar-refractivity contribution in [2.24, 2.45) is 0 Å². The molecule has 0 spiro atoms. The van der Waals surface area contributed by atoms with Gasteiger partial charge in [0.05, 0.1) is 5.60 Å². The molecule has 0 heterocycles. The number of aliphatic carboxylic acids is 1. The minimum absolute atomic E-state index is 0.192. The van der Waals surface area contributed by atoms with Gasteiger partial charge < -0.3 is 15.2 Å². The van der Waals surface area contributed by atoms with Crippen molar-refractivity contribution in [1.82, 2.24) is 5.32 Å². The van der Waals surface area contributed by atoms with Gasteiger partial charge in [-0.15, -0.1) is 0 Å². The summed E-state index contributed by atoms with van der Waals surface area (Å²) in [5.74, 6) is -1.55. The fourth-order valence-electron chi connectivity index (χ4n) is 1.82. The van der Waals surface area contributed by atoms with Gasteiger partial charge in [-0.2, -0.15) is 0 Å². The van der Waals surface area contributed by atoms with E-state index in [2.05, 4.69) is 5.32 Å². The number of carbonyl (C=O) groups is 2. The quantitative estimate of drug-likeness (QED) is 0.842. The molecule has 6 heteroatoms. The number of hydrogen-bond donors (Lipinski definition) is 2. The summed E-state index contributed by atoms with van der Waals surface area (Å²) in [4.78, 5) is 23.5. The molecule has 22 heavy (non-hydrogen) atoms. The molecular formula is C16H22ClNO4. The lowest BCUT2D eigenvalue weighted by molar-refractivity contribution is -0.140. The fourth-order valence-corrected chi connectivity index (χ4v) is 1.99. The van der Waals surface area contributed by atoms with Crippen LogP contribution in [0.4, 0.5) is 0 Å². The van der Waals surface area contributed by atoms with Crippen LogP contribution in [0.1, 0.15) is 43.1 Å². The summed E-state index contributed by atoms with van der Waals surface area (Å²) in [6.45, 7) is 7.67. The van der Waals surface area contributed by atoms with Crippen LogP contribution < -0.4 is 5.32 Å². The van der Waals surface area contributed by atoms with Gasteiger partial charge in [-0.1, -0.05) is 17.7 Å². The zero-order valence-corrected chi connectivity index (χ0v) is 14.0. The van der Waals surface area contributed by atoms with Gasteiger partial charge in [-0.05, 0) is 45.4 Å². The first-order valence-corrected chi connectivity index (χ1v) is 7.42. The molecule has 0 aliphatic rings. The minimum Gasteiger partial charge on any atom is -0.480 e. The first-order valence-electron chi connectivity index (χ1n) is 7.04. The topological polar surface area (TPSA) is 75.6 Å². The predicted octanol–water partition coefficient (Wildman–Crippen LogP) is 3.04. The van der Waals surface area contributed by atoms with Crippen molar-refractivity contribution in [3.05, 3.63) is 34.3 Å². The minimum atomic E-state index is -1.09. The molecule has 0 radical (unpaired) electrons. The van der Waals surface area contributed by atoms with Gasteiger partial charge in [0.1, 0.15) is 6.04 Å². The molecule has 1 amide bonds. The number of ether oxygens (including phenoxy) is 1. The van der Waals surface area contributed by atoms with Gasteiger partial charge in [0, 0.05) is 23.6 Å². The van der Waals surface area contributed by atoms with Crippen LogP contribution in [0.3, 0.4) is 0 Å². The van der Waals surface area contributed by atoms with Crippen LogP contribution >= 0.6 is 11.6 Å². The predicted molar refractivity (Wildman–Crippen MR) is 85.4 cm³/mol. The molecule has 122 valence electrons. The van der Waals surface area contributed by atoms with Gasteiger partial charge in [-0.3, -0.25) is 4.79 Å². The Kier molecular flexibility index (Phi) is 6.38. The van der Waals surface area contributed by atoms with Crippen LogP contribution in [-0.2, 0) is 9.53 Å². The number of benzene rings is 1. The average molecular weight is 328 g/mol. The normalized spacial score (nSPS) is 12.8. The zero-order valence-electron chi connectivity index (χ0n) is 13.3. The van der Waals surface area contributed by atoms with Crippen molar-refractivity contribution in [3.8, 4) is 0 Å². The van der Waals surface area contributed by atoms with Crippen molar-refractivity contribution >= 4 is 23.5 Å². The summed E-state index contributed by atoms with van der Waals surface area (Å²) in [5, 5.41) is 12.2. The van der Waals surface area contributed by atoms with Crippen molar-refractivity contribution in [1.29, 1.82) is 0 Å². The maximum Gasteiger partial charge on any atom is 0.326 e. The smallest absolute Gasteiger partial charge is 0.326 e. The average Bonchev–Trinajstić information content (AvgIpc) is 2.38. The summed E-state index contributed by atoms with van der Waals surface area (Å²) in [7, 11) is 0. The number of nitrogens with one attached hydrogen (secondary N) is 1. The third-order valence-electron chi connectivity index (χ3n) is 2.99. The fraction of sp³-hybridized carbons (Fsp3) is 0.500. The Hall–Kier alpha value is -1.59. The summed E-state index contributed by atoms with van der Waals surface area (Å²) in [6, 6.07) is 3.92. The van der Waals surface area contributed by atoms with Crippen LogP contribution in [0.25, 0.3) is 0 Å². The summed E-state index contributed by atoms with van der Waals surface area (Å²) in [6.07, 6.45) is 0.192. The van der Waals surface area contributed by atoms with Gasteiger partial charge in [0.25, 0.3) is 5.91 Å². The molecule has 5 nitrogen and oxygen atoms in total. The lowest BCUT2D eigenvalue weighted by Gasteiger charge is -2.21. The number of aryl methyl sites for hydroxylation is 1. The maximum atomic E-state index is 12.2. The molecule has 0 aromatic heterocycles. The van der Waals surface area contributed by atoms with Crippen LogP contribution in [0.5, 0.6) is 0 Å². The van der Waals surface area contributed by atoms with Crippen molar-refractivity contribution < 1.29 is 19.4 Å². The lowest BCUT2D eigenvalue weighted by atomic mass is 10.1. The molecule has 1 aromatic rings. The highest BCUT2D eigenvalue weighted by molar-refractivity contribution is 6.31. The second kappa shape index (κ2) is 7.61. The number of carboxylic acids is 1. The third kappa shape index (κ3) is 6.03. The first kappa shape index (κ1) is 18.5. The Morgan fingerprint density at radius 3 is 2.55 bits per heavy atom. The van der Waals surface area contributed by atoms with E-state index >= 15 is 0 Å². The standard InChI is InChI=1S/C16H22ClNO4/c1-10-5-6-11(17)9-12(10)14(19)18-13(15(20)21)7-8-22-16(2,3)4/h5-6,9,13H,7-8H2,1-4H3,(H,18,19)(H,20,21). The molecule has 1 unspecified atom stereocenters. The Labute approximate surface area is 135 Å². The number of rotatable bonds is 6.